The third-order valence-electron chi connectivity index (χ3n) is 4.47. The van der Waals surface area contributed by atoms with Gasteiger partial charge in [0.25, 0.3) is 5.91 Å². The number of carbonyl (C=O) groups excluding carboxylic acids is 2. The van der Waals surface area contributed by atoms with E-state index in [-0.39, 0.29) is 11.7 Å². The van der Waals surface area contributed by atoms with E-state index >= 15 is 0 Å². The Labute approximate surface area is 170 Å². The number of nitrogens with one attached hydrogen (secondary N) is 1. The first kappa shape index (κ1) is 20.1. The van der Waals surface area contributed by atoms with Crippen molar-refractivity contribution in [2.75, 3.05) is 12.4 Å². The van der Waals surface area contributed by atoms with E-state index in [1.807, 2.05) is 61.5 Å². The Balaban J connectivity index is 1.91. The summed E-state index contributed by atoms with van der Waals surface area (Å²) in [5.41, 5.74) is 3.00. The highest BCUT2D eigenvalue weighted by molar-refractivity contribution is 5.96. The number of aryl methyl sites for hydroxylation is 1. The summed E-state index contributed by atoms with van der Waals surface area (Å²) in [7, 11) is 1.50. The number of carbonyl (C=O) groups is 2. The monoisotopic (exact) mass is 389 g/mol. The average Bonchev–Trinajstić information content (AvgIpc) is 2.74. The van der Waals surface area contributed by atoms with E-state index in [0.29, 0.717) is 28.3 Å². The van der Waals surface area contributed by atoms with Gasteiger partial charge < -0.3 is 14.8 Å². The molecule has 3 rings (SSSR count). The van der Waals surface area contributed by atoms with E-state index in [1.165, 1.54) is 14.0 Å². The Hall–Kier alpha value is -3.60. The second-order valence-electron chi connectivity index (χ2n) is 6.69. The molecule has 0 heterocycles. The topological polar surface area (TPSA) is 64.6 Å². The molecule has 1 N–H and O–H groups in total. The van der Waals surface area contributed by atoms with Gasteiger partial charge in [0.1, 0.15) is 0 Å². The second kappa shape index (κ2) is 9.06. The fraction of sp³-hybridized carbons (Fsp3) is 0.167. The van der Waals surface area contributed by atoms with Crippen molar-refractivity contribution in [3.63, 3.8) is 0 Å². The number of ketones is 1. The molecule has 5 nitrogen and oxygen atoms in total. The average molecular weight is 389 g/mol. The molecule has 0 aliphatic rings. The first-order chi connectivity index (χ1) is 14.0. The Kier molecular flexibility index (Phi) is 6.29. The van der Waals surface area contributed by atoms with Crippen LogP contribution in [0, 0.1) is 6.92 Å². The molecule has 1 amide bonds. The Morgan fingerprint density at radius 3 is 2.21 bits per heavy atom. The molecule has 3 aromatic rings. The summed E-state index contributed by atoms with van der Waals surface area (Å²) in [5.74, 6) is 0.386. The van der Waals surface area contributed by atoms with Gasteiger partial charge in [0.05, 0.1) is 7.11 Å². The van der Waals surface area contributed by atoms with Crippen LogP contribution in [0.1, 0.15) is 34.5 Å². The van der Waals surface area contributed by atoms with Crippen molar-refractivity contribution in [1.29, 1.82) is 0 Å². The van der Waals surface area contributed by atoms with Crippen molar-refractivity contribution in [1.82, 2.24) is 0 Å². The molecule has 0 aromatic heterocycles. The van der Waals surface area contributed by atoms with E-state index in [1.54, 1.807) is 18.2 Å². The summed E-state index contributed by atoms with van der Waals surface area (Å²) in [6, 6.07) is 21.7. The van der Waals surface area contributed by atoms with Gasteiger partial charge in [-0.05, 0) is 44.2 Å². The third-order valence-corrected chi connectivity index (χ3v) is 4.47. The van der Waals surface area contributed by atoms with Crippen molar-refractivity contribution in [3.8, 4) is 11.5 Å². The second-order valence-corrected chi connectivity index (χ2v) is 6.69. The van der Waals surface area contributed by atoms with Gasteiger partial charge >= 0.3 is 0 Å². The molecule has 0 radical (unpaired) electrons. The van der Waals surface area contributed by atoms with E-state index in [2.05, 4.69) is 5.32 Å². The summed E-state index contributed by atoms with van der Waals surface area (Å²) in [5, 5.41) is 2.90. The lowest BCUT2D eigenvalue weighted by Gasteiger charge is -2.21. The maximum Gasteiger partial charge on any atom is 0.270 e. The molecule has 148 valence electrons. The van der Waals surface area contributed by atoms with Crippen LogP contribution in [0.15, 0.2) is 72.8 Å². The lowest BCUT2D eigenvalue weighted by atomic mass is 10.1. The van der Waals surface area contributed by atoms with Crippen LogP contribution < -0.4 is 14.8 Å². The predicted molar refractivity (Wildman–Crippen MR) is 113 cm³/mol. The zero-order chi connectivity index (χ0) is 20.8. The summed E-state index contributed by atoms with van der Waals surface area (Å²) in [4.78, 5) is 24.7. The van der Waals surface area contributed by atoms with Gasteiger partial charge in [0.15, 0.2) is 17.3 Å². The fourth-order valence-corrected chi connectivity index (χ4v) is 2.86. The van der Waals surface area contributed by atoms with Gasteiger partial charge in [-0.15, -0.1) is 0 Å². The molecule has 0 saturated carbocycles. The van der Waals surface area contributed by atoms with Crippen LogP contribution in [-0.4, -0.2) is 18.8 Å². The van der Waals surface area contributed by atoms with Crippen LogP contribution in [0.2, 0.25) is 0 Å². The quantitative estimate of drug-likeness (QED) is 0.580. The standard InChI is InChI=1S/C24H23NO4/c1-16-9-12-20(13-10-16)25-24(27)23(18-7-5-4-6-8-18)29-21-14-11-19(17(2)26)15-22(21)28-3/h4-15,23H,1-3H3,(H,25,27)/t23-/m0/s1. The number of ether oxygens (including phenoxy) is 2. The minimum absolute atomic E-state index is 0.0772. The van der Waals surface area contributed by atoms with Crippen LogP contribution >= 0.6 is 0 Å². The van der Waals surface area contributed by atoms with Crippen LogP contribution in [0.3, 0.4) is 0 Å². The van der Waals surface area contributed by atoms with Gasteiger partial charge in [-0.1, -0.05) is 48.0 Å². The Morgan fingerprint density at radius 1 is 0.897 bits per heavy atom. The minimum atomic E-state index is -0.894. The first-order valence-electron chi connectivity index (χ1n) is 9.26. The third kappa shape index (κ3) is 5.02. The van der Waals surface area contributed by atoms with Crippen molar-refractivity contribution in [2.45, 2.75) is 20.0 Å². The molecule has 0 fully saturated rings. The zero-order valence-electron chi connectivity index (χ0n) is 16.6. The number of methoxy groups -OCH3 is 1. The predicted octanol–water partition coefficient (Wildman–Crippen LogP) is 4.97. The normalized spacial score (nSPS) is 11.4. The molecule has 0 aliphatic carbocycles. The summed E-state index contributed by atoms with van der Waals surface area (Å²) in [6.45, 7) is 3.47. The highest BCUT2D eigenvalue weighted by Gasteiger charge is 2.24. The van der Waals surface area contributed by atoms with E-state index in [9.17, 15) is 9.59 Å². The molecular weight excluding hydrogens is 366 g/mol. The highest BCUT2D eigenvalue weighted by Crippen LogP contribution is 2.33. The SMILES string of the molecule is COc1cc(C(C)=O)ccc1O[C@H](C(=O)Nc1ccc(C)cc1)c1ccccc1. The molecule has 5 heteroatoms. The highest BCUT2D eigenvalue weighted by atomic mass is 16.5. The molecule has 0 bridgehead atoms. The number of benzene rings is 3. The maximum atomic E-state index is 13.0. The van der Waals surface area contributed by atoms with Gasteiger partial charge in [0, 0.05) is 16.8 Å². The van der Waals surface area contributed by atoms with E-state index in [0.717, 1.165) is 5.56 Å². The van der Waals surface area contributed by atoms with Crippen molar-refractivity contribution in [2.24, 2.45) is 0 Å². The number of Topliss-reactive ketones (excluding diaryl/α,β-unsaturated/α-hetero) is 1. The number of amides is 1. The lowest BCUT2D eigenvalue weighted by Crippen LogP contribution is -2.25. The number of anilines is 1. The summed E-state index contributed by atoms with van der Waals surface area (Å²) >= 11 is 0. The zero-order valence-corrected chi connectivity index (χ0v) is 16.6. The van der Waals surface area contributed by atoms with E-state index in [4.69, 9.17) is 9.47 Å². The van der Waals surface area contributed by atoms with Crippen LogP contribution in [0.5, 0.6) is 11.5 Å². The first-order valence-corrected chi connectivity index (χ1v) is 9.26. The molecule has 29 heavy (non-hydrogen) atoms. The van der Waals surface area contributed by atoms with Crippen molar-refractivity contribution < 1.29 is 19.1 Å². The number of hydrogen-bond donors (Lipinski definition) is 1. The van der Waals surface area contributed by atoms with Gasteiger partial charge in [-0.2, -0.15) is 0 Å². The molecule has 0 saturated heterocycles. The smallest absolute Gasteiger partial charge is 0.270 e. The van der Waals surface area contributed by atoms with Gasteiger partial charge in [-0.25, -0.2) is 0 Å². The Morgan fingerprint density at radius 2 is 1.59 bits per heavy atom. The van der Waals surface area contributed by atoms with Crippen molar-refractivity contribution in [3.05, 3.63) is 89.5 Å². The van der Waals surface area contributed by atoms with Gasteiger partial charge in [0.2, 0.25) is 6.10 Å². The molecule has 1 atom stereocenters. The molecule has 0 unspecified atom stereocenters. The maximum absolute atomic E-state index is 13.0. The molecule has 0 spiro atoms. The largest absolute Gasteiger partial charge is 0.493 e. The van der Waals surface area contributed by atoms with Crippen molar-refractivity contribution >= 4 is 17.4 Å². The minimum Gasteiger partial charge on any atom is -0.493 e. The fourth-order valence-electron chi connectivity index (χ4n) is 2.86. The molecule has 3 aromatic carbocycles. The van der Waals surface area contributed by atoms with Crippen LogP contribution in [0.4, 0.5) is 5.69 Å². The van der Waals surface area contributed by atoms with E-state index < -0.39 is 6.10 Å². The summed E-state index contributed by atoms with van der Waals surface area (Å²) < 4.78 is 11.4. The number of hydrogen-bond acceptors (Lipinski definition) is 4. The van der Waals surface area contributed by atoms with Crippen LogP contribution in [0.25, 0.3) is 0 Å². The number of rotatable bonds is 7. The Bertz CT molecular complexity index is 997. The lowest BCUT2D eigenvalue weighted by molar-refractivity contribution is -0.123. The van der Waals surface area contributed by atoms with Crippen LogP contribution in [-0.2, 0) is 4.79 Å². The summed E-state index contributed by atoms with van der Waals surface area (Å²) in [6.07, 6.45) is -0.894. The molecular formula is C24H23NO4. The van der Waals surface area contributed by atoms with Gasteiger partial charge in [-0.3, -0.25) is 9.59 Å². The molecule has 0 aliphatic heterocycles.